The molecule has 2 aromatic rings. The maximum absolute atomic E-state index is 12.6. The molecule has 3 N–H and O–H groups in total. The smallest absolute Gasteiger partial charge is 0.253 e. The van der Waals surface area contributed by atoms with Crippen LogP contribution in [-0.2, 0) is 6.54 Å². The Kier molecular flexibility index (Phi) is 8.22. The number of fused-ring (bicyclic) bond motifs is 1. The normalized spacial score (nSPS) is 11.1. The van der Waals surface area contributed by atoms with Gasteiger partial charge in [0, 0.05) is 25.3 Å². The Hall–Kier alpha value is -1.96. The first kappa shape index (κ1) is 21.3. The van der Waals surface area contributed by atoms with Crippen molar-refractivity contribution in [3.8, 4) is 0 Å². The summed E-state index contributed by atoms with van der Waals surface area (Å²) in [5.74, 6) is 0. The minimum Gasteiger partial charge on any atom is -0.396 e. The highest BCUT2D eigenvalue weighted by Gasteiger charge is 2.13. The zero-order valence-electron chi connectivity index (χ0n) is 16.4. The Labute approximate surface area is 166 Å². The Morgan fingerprint density at radius 3 is 2.74 bits per heavy atom. The van der Waals surface area contributed by atoms with Crippen molar-refractivity contribution in [2.24, 2.45) is 0 Å². The van der Waals surface area contributed by atoms with Crippen molar-refractivity contribution in [3.63, 3.8) is 0 Å². The molecule has 0 atom stereocenters. The van der Waals surface area contributed by atoms with E-state index in [2.05, 4.69) is 15.2 Å². The summed E-state index contributed by atoms with van der Waals surface area (Å²) in [6.45, 7) is 4.85. The number of pyridine rings is 1. The van der Waals surface area contributed by atoms with E-state index in [9.17, 15) is 9.90 Å². The molecular formula is C20H30N4O2S. The summed E-state index contributed by atoms with van der Waals surface area (Å²) in [4.78, 5) is 19.6. The van der Waals surface area contributed by atoms with Gasteiger partial charge in [-0.15, -0.1) is 0 Å². The maximum atomic E-state index is 12.6. The standard InChI is InChI=1S/C20H30N4O2S/c1-15-7-4-8-16-13-17(19(26)22-18(15)16)14-24(11-6-12-25)20(27)21-9-5-10-23(2)3/h4,7-8,13,25H,5-6,9-12,14H2,1-3H3,(H,21,27)(H,22,26). The van der Waals surface area contributed by atoms with Crippen molar-refractivity contribution in [1.82, 2.24) is 20.1 Å². The summed E-state index contributed by atoms with van der Waals surface area (Å²) < 4.78 is 0. The maximum Gasteiger partial charge on any atom is 0.253 e. The van der Waals surface area contributed by atoms with Gasteiger partial charge in [-0.2, -0.15) is 0 Å². The number of thiocarbonyl (C=S) groups is 1. The lowest BCUT2D eigenvalue weighted by molar-refractivity contribution is 0.264. The van der Waals surface area contributed by atoms with Crippen LogP contribution in [0.3, 0.4) is 0 Å². The van der Waals surface area contributed by atoms with Gasteiger partial charge < -0.3 is 25.2 Å². The van der Waals surface area contributed by atoms with E-state index in [1.807, 2.05) is 50.2 Å². The average Bonchev–Trinajstić information content (AvgIpc) is 2.63. The summed E-state index contributed by atoms with van der Waals surface area (Å²) in [6, 6.07) is 7.90. The Bertz CT molecular complexity index is 819. The van der Waals surface area contributed by atoms with Crippen LogP contribution in [-0.4, -0.2) is 65.3 Å². The number of aromatic nitrogens is 1. The van der Waals surface area contributed by atoms with E-state index in [0.717, 1.165) is 36.0 Å². The summed E-state index contributed by atoms with van der Waals surface area (Å²) >= 11 is 5.53. The lowest BCUT2D eigenvalue weighted by Gasteiger charge is -2.26. The third-order valence-corrected chi connectivity index (χ3v) is 4.86. The molecule has 0 spiro atoms. The van der Waals surface area contributed by atoms with Crippen LogP contribution >= 0.6 is 12.2 Å². The topological polar surface area (TPSA) is 71.6 Å². The Morgan fingerprint density at radius 2 is 2.04 bits per heavy atom. The van der Waals surface area contributed by atoms with Crippen LogP contribution in [0.1, 0.15) is 24.0 Å². The number of hydrogen-bond donors (Lipinski definition) is 3. The first-order chi connectivity index (χ1) is 12.9. The second-order valence-electron chi connectivity index (χ2n) is 7.05. The lowest BCUT2D eigenvalue weighted by Crippen LogP contribution is -2.41. The number of aliphatic hydroxyl groups excluding tert-OH is 1. The predicted octanol–water partition coefficient (Wildman–Crippen LogP) is 1.85. The van der Waals surface area contributed by atoms with Gasteiger partial charge in [-0.1, -0.05) is 18.2 Å². The summed E-state index contributed by atoms with van der Waals surface area (Å²) in [5, 5.41) is 14.1. The van der Waals surface area contributed by atoms with Crippen molar-refractivity contribution in [2.75, 3.05) is 40.3 Å². The van der Waals surface area contributed by atoms with Crippen LogP contribution in [0.25, 0.3) is 10.9 Å². The molecule has 2 rings (SSSR count). The minimum atomic E-state index is -0.0961. The average molecular weight is 391 g/mol. The quantitative estimate of drug-likeness (QED) is 0.448. The first-order valence-corrected chi connectivity index (χ1v) is 9.73. The van der Waals surface area contributed by atoms with Crippen LogP contribution < -0.4 is 10.9 Å². The number of aliphatic hydroxyl groups is 1. The monoisotopic (exact) mass is 390 g/mol. The van der Waals surface area contributed by atoms with Gasteiger partial charge in [0.1, 0.15) is 0 Å². The number of H-pyrrole nitrogens is 1. The van der Waals surface area contributed by atoms with Gasteiger partial charge in [-0.05, 0) is 69.6 Å². The van der Waals surface area contributed by atoms with Gasteiger partial charge in [0.25, 0.3) is 5.56 Å². The molecule has 6 nitrogen and oxygen atoms in total. The van der Waals surface area contributed by atoms with E-state index in [1.165, 1.54) is 0 Å². The van der Waals surface area contributed by atoms with Crippen LogP contribution in [0, 0.1) is 6.92 Å². The van der Waals surface area contributed by atoms with E-state index >= 15 is 0 Å². The number of nitrogens with one attached hydrogen (secondary N) is 2. The zero-order valence-corrected chi connectivity index (χ0v) is 17.2. The molecule has 0 fully saturated rings. The van der Waals surface area contributed by atoms with Crippen molar-refractivity contribution in [1.29, 1.82) is 0 Å². The summed E-state index contributed by atoms with van der Waals surface area (Å²) in [5.41, 5.74) is 2.49. The molecule has 0 bridgehead atoms. The number of rotatable bonds is 9. The molecule has 0 unspecified atom stereocenters. The first-order valence-electron chi connectivity index (χ1n) is 9.32. The lowest BCUT2D eigenvalue weighted by atomic mass is 10.1. The number of aryl methyl sites for hydroxylation is 1. The Balaban J connectivity index is 2.13. The molecule has 1 heterocycles. The van der Waals surface area contributed by atoms with Crippen LogP contribution in [0.4, 0.5) is 0 Å². The highest BCUT2D eigenvalue weighted by atomic mass is 32.1. The Morgan fingerprint density at radius 1 is 1.26 bits per heavy atom. The highest BCUT2D eigenvalue weighted by Crippen LogP contribution is 2.16. The molecule has 7 heteroatoms. The van der Waals surface area contributed by atoms with Gasteiger partial charge >= 0.3 is 0 Å². The van der Waals surface area contributed by atoms with Gasteiger partial charge in [0.15, 0.2) is 5.11 Å². The fourth-order valence-corrected chi connectivity index (χ4v) is 3.23. The molecule has 0 amide bonds. The van der Waals surface area contributed by atoms with Crippen LogP contribution in [0.5, 0.6) is 0 Å². The molecule has 0 aliphatic carbocycles. The minimum absolute atomic E-state index is 0.0903. The fourth-order valence-electron chi connectivity index (χ4n) is 2.97. The third-order valence-electron chi connectivity index (χ3n) is 4.46. The molecule has 1 aromatic carbocycles. The number of para-hydroxylation sites is 1. The van der Waals surface area contributed by atoms with Gasteiger partial charge in [-0.3, -0.25) is 4.79 Å². The largest absolute Gasteiger partial charge is 0.396 e. The van der Waals surface area contributed by atoms with Crippen molar-refractivity contribution in [2.45, 2.75) is 26.3 Å². The molecular weight excluding hydrogens is 360 g/mol. The molecule has 1 aromatic heterocycles. The van der Waals surface area contributed by atoms with E-state index in [0.29, 0.717) is 30.2 Å². The van der Waals surface area contributed by atoms with E-state index in [-0.39, 0.29) is 12.2 Å². The molecule has 0 radical (unpaired) electrons. The van der Waals surface area contributed by atoms with Crippen molar-refractivity contribution < 1.29 is 5.11 Å². The van der Waals surface area contributed by atoms with Crippen molar-refractivity contribution in [3.05, 3.63) is 45.7 Å². The number of hydrogen-bond acceptors (Lipinski definition) is 4. The predicted molar refractivity (Wildman–Crippen MR) is 115 cm³/mol. The second-order valence-corrected chi connectivity index (χ2v) is 7.44. The van der Waals surface area contributed by atoms with E-state index in [1.54, 1.807) is 0 Å². The van der Waals surface area contributed by atoms with Crippen LogP contribution in [0.2, 0.25) is 0 Å². The number of benzene rings is 1. The molecule has 0 saturated carbocycles. The highest BCUT2D eigenvalue weighted by molar-refractivity contribution is 7.80. The third kappa shape index (κ3) is 6.30. The fraction of sp³-hybridized carbons (Fsp3) is 0.500. The SMILES string of the molecule is Cc1cccc2cc(CN(CCCO)C(=S)NCCCN(C)C)c(=O)[nH]c12. The summed E-state index contributed by atoms with van der Waals surface area (Å²) in [7, 11) is 4.08. The molecule has 0 aliphatic rings. The molecule has 0 saturated heterocycles. The molecule has 0 aliphatic heterocycles. The van der Waals surface area contributed by atoms with Crippen LogP contribution in [0.15, 0.2) is 29.1 Å². The van der Waals surface area contributed by atoms with Crippen molar-refractivity contribution >= 4 is 28.2 Å². The number of nitrogens with zero attached hydrogens (tertiary/aromatic N) is 2. The molecule has 27 heavy (non-hydrogen) atoms. The number of aromatic amines is 1. The molecule has 148 valence electrons. The van der Waals surface area contributed by atoms with Gasteiger partial charge in [0.2, 0.25) is 0 Å². The van der Waals surface area contributed by atoms with Gasteiger partial charge in [-0.25, -0.2) is 0 Å². The van der Waals surface area contributed by atoms with Gasteiger partial charge in [0.05, 0.1) is 12.1 Å². The second kappa shape index (κ2) is 10.4. The van der Waals surface area contributed by atoms with E-state index in [4.69, 9.17) is 12.2 Å². The van der Waals surface area contributed by atoms with E-state index < -0.39 is 0 Å². The summed E-state index contributed by atoms with van der Waals surface area (Å²) in [6.07, 6.45) is 1.58. The zero-order chi connectivity index (χ0) is 19.8.